The maximum atomic E-state index is 12.3. The van der Waals surface area contributed by atoms with Crippen molar-refractivity contribution >= 4 is 16.0 Å². The number of benzene rings is 1. The van der Waals surface area contributed by atoms with E-state index < -0.39 is 21.9 Å². The third-order valence-electron chi connectivity index (χ3n) is 4.00. The number of hydrogen-bond acceptors (Lipinski definition) is 3. The van der Waals surface area contributed by atoms with Gasteiger partial charge in [0.15, 0.2) is 0 Å². The molecular formula is C14H17NO4S. The second-order valence-electron chi connectivity index (χ2n) is 5.60. The molecule has 0 unspecified atom stereocenters. The van der Waals surface area contributed by atoms with E-state index in [2.05, 4.69) is 4.72 Å². The van der Waals surface area contributed by atoms with E-state index in [0.29, 0.717) is 17.2 Å². The summed E-state index contributed by atoms with van der Waals surface area (Å²) in [6.07, 6.45) is 2.63. The Morgan fingerprint density at radius 1 is 1.30 bits per heavy atom. The molecule has 0 amide bonds. The Morgan fingerprint density at radius 3 is 2.60 bits per heavy atom. The number of carboxylic acids is 1. The SMILES string of the molecule is O=C(O)[C@@H]1C[C@H]1CNS(=O)(=O)c1ccccc1C1CC1. The molecule has 2 saturated carbocycles. The van der Waals surface area contributed by atoms with Crippen molar-refractivity contribution < 1.29 is 18.3 Å². The van der Waals surface area contributed by atoms with Gasteiger partial charge in [-0.2, -0.15) is 0 Å². The molecule has 20 heavy (non-hydrogen) atoms. The van der Waals surface area contributed by atoms with Crippen molar-refractivity contribution in [2.75, 3.05) is 6.54 Å². The van der Waals surface area contributed by atoms with Gasteiger partial charge in [-0.25, -0.2) is 13.1 Å². The monoisotopic (exact) mass is 295 g/mol. The second kappa shape index (κ2) is 4.86. The molecule has 0 saturated heterocycles. The standard InChI is InChI=1S/C14H17NO4S/c16-14(17)12-7-10(12)8-15-20(18,19)13-4-2-1-3-11(13)9-5-6-9/h1-4,9-10,12,15H,5-8H2,(H,16,17)/t10-,12+/m0/s1. The number of carbonyl (C=O) groups is 1. The van der Waals surface area contributed by atoms with Gasteiger partial charge in [0, 0.05) is 6.54 Å². The zero-order chi connectivity index (χ0) is 14.3. The van der Waals surface area contributed by atoms with E-state index in [-0.39, 0.29) is 12.5 Å². The highest BCUT2D eigenvalue weighted by molar-refractivity contribution is 7.89. The third kappa shape index (κ3) is 2.71. The lowest BCUT2D eigenvalue weighted by Crippen LogP contribution is -2.27. The molecule has 108 valence electrons. The van der Waals surface area contributed by atoms with Gasteiger partial charge in [-0.3, -0.25) is 4.79 Å². The summed E-state index contributed by atoms with van der Waals surface area (Å²) in [7, 11) is -3.54. The molecule has 0 heterocycles. The highest BCUT2D eigenvalue weighted by Crippen LogP contribution is 2.43. The first-order valence-electron chi connectivity index (χ1n) is 6.80. The van der Waals surface area contributed by atoms with Gasteiger partial charge in [0.25, 0.3) is 0 Å². The van der Waals surface area contributed by atoms with Gasteiger partial charge in [-0.15, -0.1) is 0 Å². The van der Waals surface area contributed by atoms with Crippen LogP contribution in [0.4, 0.5) is 0 Å². The fraction of sp³-hybridized carbons (Fsp3) is 0.500. The Kier molecular flexibility index (Phi) is 3.30. The minimum Gasteiger partial charge on any atom is -0.481 e. The first kappa shape index (κ1) is 13.6. The van der Waals surface area contributed by atoms with Crippen LogP contribution in [0.25, 0.3) is 0 Å². The first-order chi connectivity index (χ1) is 9.49. The molecule has 2 atom stereocenters. The average molecular weight is 295 g/mol. The van der Waals surface area contributed by atoms with Crippen LogP contribution in [0.2, 0.25) is 0 Å². The lowest BCUT2D eigenvalue weighted by Gasteiger charge is -2.10. The Hall–Kier alpha value is -1.40. The second-order valence-corrected chi connectivity index (χ2v) is 7.34. The smallest absolute Gasteiger partial charge is 0.306 e. The van der Waals surface area contributed by atoms with E-state index >= 15 is 0 Å². The minimum atomic E-state index is -3.54. The van der Waals surface area contributed by atoms with E-state index in [1.165, 1.54) is 0 Å². The lowest BCUT2D eigenvalue weighted by molar-refractivity contribution is -0.138. The van der Waals surface area contributed by atoms with Crippen LogP contribution in [-0.4, -0.2) is 26.0 Å². The van der Waals surface area contributed by atoms with Gasteiger partial charge >= 0.3 is 5.97 Å². The molecule has 0 spiro atoms. The van der Waals surface area contributed by atoms with Crippen molar-refractivity contribution in [3.05, 3.63) is 29.8 Å². The summed E-state index contributed by atoms with van der Waals surface area (Å²) in [4.78, 5) is 11.1. The molecule has 2 aliphatic carbocycles. The number of carboxylic acid groups (broad SMARTS) is 1. The summed E-state index contributed by atoms with van der Waals surface area (Å²) in [5, 5.41) is 8.82. The van der Waals surface area contributed by atoms with E-state index in [1.807, 2.05) is 12.1 Å². The van der Waals surface area contributed by atoms with Crippen molar-refractivity contribution in [2.24, 2.45) is 11.8 Å². The van der Waals surface area contributed by atoms with Crippen LogP contribution >= 0.6 is 0 Å². The molecule has 0 aliphatic heterocycles. The quantitative estimate of drug-likeness (QED) is 0.834. The van der Waals surface area contributed by atoms with E-state index in [1.54, 1.807) is 12.1 Å². The molecule has 6 heteroatoms. The van der Waals surface area contributed by atoms with Crippen molar-refractivity contribution in [1.29, 1.82) is 0 Å². The van der Waals surface area contributed by atoms with Gasteiger partial charge in [0.2, 0.25) is 10.0 Å². The largest absolute Gasteiger partial charge is 0.481 e. The molecule has 0 bridgehead atoms. The molecule has 0 aromatic heterocycles. The van der Waals surface area contributed by atoms with Crippen LogP contribution in [0, 0.1) is 11.8 Å². The molecule has 2 N–H and O–H groups in total. The zero-order valence-corrected chi connectivity index (χ0v) is 11.8. The number of aliphatic carboxylic acids is 1. The van der Waals surface area contributed by atoms with E-state index in [4.69, 9.17) is 5.11 Å². The number of sulfonamides is 1. The van der Waals surface area contributed by atoms with Crippen LogP contribution in [0.5, 0.6) is 0 Å². The molecule has 5 nitrogen and oxygen atoms in total. The van der Waals surface area contributed by atoms with Crippen LogP contribution in [0.15, 0.2) is 29.2 Å². The predicted molar refractivity (Wildman–Crippen MR) is 72.8 cm³/mol. The van der Waals surface area contributed by atoms with Crippen molar-refractivity contribution in [3.63, 3.8) is 0 Å². The van der Waals surface area contributed by atoms with Crippen molar-refractivity contribution in [3.8, 4) is 0 Å². The van der Waals surface area contributed by atoms with Crippen LogP contribution in [-0.2, 0) is 14.8 Å². The summed E-state index contributed by atoms with van der Waals surface area (Å²) in [6.45, 7) is 0.207. The number of hydrogen-bond donors (Lipinski definition) is 2. The van der Waals surface area contributed by atoms with Crippen LogP contribution in [0.1, 0.15) is 30.7 Å². The third-order valence-corrected chi connectivity index (χ3v) is 5.50. The zero-order valence-electron chi connectivity index (χ0n) is 11.0. The van der Waals surface area contributed by atoms with Gasteiger partial charge in [-0.1, -0.05) is 18.2 Å². The Balaban J connectivity index is 1.71. The molecule has 2 aliphatic rings. The predicted octanol–water partition coefficient (Wildman–Crippen LogP) is 1.56. The highest BCUT2D eigenvalue weighted by atomic mass is 32.2. The molecule has 2 fully saturated rings. The highest BCUT2D eigenvalue weighted by Gasteiger charge is 2.43. The van der Waals surface area contributed by atoms with Gasteiger partial charge in [0.05, 0.1) is 10.8 Å². The lowest BCUT2D eigenvalue weighted by atomic mass is 10.1. The van der Waals surface area contributed by atoms with Gasteiger partial charge < -0.3 is 5.11 Å². The fourth-order valence-electron chi connectivity index (χ4n) is 2.53. The van der Waals surface area contributed by atoms with Gasteiger partial charge in [0.1, 0.15) is 0 Å². The van der Waals surface area contributed by atoms with Crippen molar-refractivity contribution in [1.82, 2.24) is 4.72 Å². The summed E-state index contributed by atoms with van der Waals surface area (Å²) in [6, 6.07) is 7.06. The summed E-state index contributed by atoms with van der Waals surface area (Å²) >= 11 is 0. The summed E-state index contributed by atoms with van der Waals surface area (Å²) < 4.78 is 27.2. The average Bonchev–Trinajstić information content (AvgIpc) is 3.28. The summed E-state index contributed by atoms with van der Waals surface area (Å²) in [5.41, 5.74) is 0.880. The maximum Gasteiger partial charge on any atom is 0.306 e. The summed E-state index contributed by atoms with van der Waals surface area (Å²) in [5.74, 6) is -0.949. The Bertz CT molecular complexity index is 636. The first-order valence-corrected chi connectivity index (χ1v) is 8.29. The molecule has 1 aromatic carbocycles. The van der Waals surface area contributed by atoms with Crippen LogP contribution in [0.3, 0.4) is 0 Å². The van der Waals surface area contributed by atoms with E-state index in [0.717, 1.165) is 18.4 Å². The molecule has 0 radical (unpaired) electrons. The topological polar surface area (TPSA) is 83.5 Å². The molecule has 1 aromatic rings. The van der Waals surface area contributed by atoms with E-state index in [9.17, 15) is 13.2 Å². The van der Waals surface area contributed by atoms with Crippen LogP contribution < -0.4 is 4.72 Å². The number of rotatable bonds is 6. The fourth-order valence-corrected chi connectivity index (χ4v) is 3.92. The Labute approximate surface area is 118 Å². The number of nitrogens with one attached hydrogen (secondary N) is 1. The normalized spacial score (nSPS) is 25.4. The van der Waals surface area contributed by atoms with Gasteiger partial charge in [-0.05, 0) is 42.7 Å². The Morgan fingerprint density at radius 2 is 2.00 bits per heavy atom. The molecule has 3 rings (SSSR count). The molecular weight excluding hydrogens is 278 g/mol. The van der Waals surface area contributed by atoms with Crippen molar-refractivity contribution in [2.45, 2.75) is 30.1 Å². The maximum absolute atomic E-state index is 12.3. The minimum absolute atomic E-state index is 0.0737.